The summed E-state index contributed by atoms with van der Waals surface area (Å²) < 4.78 is 0. The summed E-state index contributed by atoms with van der Waals surface area (Å²) in [6.45, 7) is 5.24. The van der Waals surface area contributed by atoms with Crippen LogP contribution in [-0.2, 0) is 0 Å². The minimum atomic E-state index is 0.646. The molecule has 0 atom stereocenters. The first-order valence-electron chi connectivity index (χ1n) is 7.61. The minimum absolute atomic E-state index is 0.646. The molecule has 0 unspecified atom stereocenters. The standard InChI is InChI=1S/C15H24N4/c1-3-8-16-14-10(2)15(18-9-17-14)19-13(11-4-5-11)12-6-7-12/h9,11-13H,3-8H2,1-2H3,(H2,16,17,18,19). The van der Waals surface area contributed by atoms with Gasteiger partial charge in [-0.3, -0.25) is 0 Å². The van der Waals surface area contributed by atoms with Crippen LogP contribution in [0.1, 0.15) is 44.6 Å². The average molecular weight is 260 g/mol. The van der Waals surface area contributed by atoms with Crippen molar-refractivity contribution in [1.82, 2.24) is 9.97 Å². The maximum Gasteiger partial charge on any atom is 0.134 e. The lowest BCUT2D eigenvalue weighted by atomic mass is 10.1. The van der Waals surface area contributed by atoms with Gasteiger partial charge in [0.05, 0.1) is 0 Å². The zero-order valence-electron chi connectivity index (χ0n) is 11.9. The molecule has 4 heteroatoms. The SMILES string of the molecule is CCCNc1ncnc(NC(C2CC2)C2CC2)c1C. The summed E-state index contributed by atoms with van der Waals surface area (Å²) in [7, 11) is 0. The summed E-state index contributed by atoms with van der Waals surface area (Å²) in [5.74, 6) is 3.77. The van der Waals surface area contributed by atoms with Crippen LogP contribution < -0.4 is 10.6 Å². The van der Waals surface area contributed by atoms with Gasteiger partial charge >= 0.3 is 0 Å². The summed E-state index contributed by atoms with van der Waals surface area (Å²) in [6.07, 6.45) is 8.33. The fraction of sp³-hybridized carbons (Fsp3) is 0.733. The Morgan fingerprint density at radius 2 is 1.79 bits per heavy atom. The van der Waals surface area contributed by atoms with Crippen molar-refractivity contribution in [2.45, 2.75) is 52.0 Å². The van der Waals surface area contributed by atoms with Gasteiger partial charge in [-0.05, 0) is 50.9 Å². The van der Waals surface area contributed by atoms with E-state index in [1.54, 1.807) is 6.33 Å². The van der Waals surface area contributed by atoms with Crippen LogP contribution in [0.2, 0.25) is 0 Å². The van der Waals surface area contributed by atoms with Gasteiger partial charge in [0.15, 0.2) is 0 Å². The molecule has 0 spiro atoms. The van der Waals surface area contributed by atoms with Gasteiger partial charge in [-0.25, -0.2) is 9.97 Å². The molecule has 104 valence electrons. The second-order valence-electron chi connectivity index (χ2n) is 5.97. The Kier molecular flexibility index (Phi) is 3.58. The maximum atomic E-state index is 4.44. The predicted molar refractivity (Wildman–Crippen MR) is 78.4 cm³/mol. The molecule has 0 aromatic carbocycles. The highest BCUT2D eigenvalue weighted by atomic mass is 15.1. The molecule has 1 aromatic rings. The number of anilines is 2. The van der Waals surface area contributed by atoms with Crippen molar-refractivity contribution in [3.05, 3.63) is 11.9 Å². The van der Waals surface area contributed by atoms with E-state index in [2.05, 4.69) is 34.4 Å². The van der Waals surface area contributed by atoms with E-state index in [1.165, 1.54) is 25.7 Å². The fourth-order valence-electron chi connectivity index (χ4n) is 2.71. The lowest BCUT2D eigenvalue weighted by Crippen LogP contribution is -2.25. The molecule has 0 saturated heterocycles. The van der Waals surface area contributed by atoms with Crippen molar-refractivity contribution < 1.29 is 0 Å². The Hall–Kier alpha value is -1.32. The van der Waals surface area contributed by atoms with E-state index in [1.807, 2.05) is 0 Å². The normalized spacial score (nSPS) is 18.7. The van der Waals surface area contributed by atoms with Crippen molar-refractivity contribution in [2.75, 3.05) is 17.2 Å². The molecule has 0 radical (unpaired) electrons. The first-order chi connectivity index (χ1) is 9.29. The summed E-state index contributed by atoms with van der Waals surface area (Å²) in [4.78, 5) is 8.79. The molecule has 2 N–H and O–H groups in total. The molecule has 0 bridgehead atoms. The number of nitrogens with zero attached hydrogens (tertiary/aromatic N) is 2. The Morgan fingerprint density at radius 3 is 2.37 bits per heavy atom. The van der Waals surface area contributed by atoms with E-state index in [-0.39, 0.29) is 0 Å². The Bertz CT molecular complexity index is 426. The van der Waals surface area contributed by atoms with Gasteiger partial charge in [-0.1, -0.05) is 6.92 Å². The van der Waals surface area contributed by atoms with Gasteiger partial charge in [-0.2, -0.15) is 0 Å². The maximum absolute atomic E-state index is 4.44. The summed E-state index contributed by atoms with van der Waals surface area (Å²) in [6, 6.07) is 0.646. The predicted octanol–water partition coefficient (Wildman–Crippen LogP) is 3.21. The molecule has 2 fully saturated rings. The summed E-state index contributed by atoms with van der Waals surface area (Å²) >= 11 is 0. The molecule has 19 heavy (non-hydrogen) atoms. The lowest BCUT2D eigenvalue weighted by molar-refractivity contribution is 0.565. The second-order valence-corrected chi connectivity index (χ2v) is 5.97. The molecule has 4 nitrogen and oxygen atoms in total. The second kappa shape index (κ2) is 5.35. The average Bonchev–Trinajstić information content (AvgIpc) is 3.29. The zero-order valence-corrected chi connectivity index (χ0v) is 11.9. The largest absolute Gasteiger partial charge is 0.370 e. The van der Waals surface area contributed by atoms with E-state index >= 15 is 0 Å². The zero-order chi connectivity index (χ0) is 13.2. The molecule has 1 aromatic heterocycles. The Balaban J connectivity index is 1.72. The third kappa shape index (κ3) is 2.99. The molecule has 2 aliphatic carbocycles. The first kappa shape index (κ1) is 12.7. The van der Waals surface area contributed by atoms with Crippen molar-refractivity contribution >= 4 is 11.6 Å². The molecule has 0 aliphatic heterocycles. The molecule has 2 aliphatic rings. The van der Waals surface area contributed by atoms with Crippen LogP contribution in [0, 0.1) is 18.8 Å². The van der Waals surface area contributed by atoms with Crippen LogP contribution >= 0.6 is 0 Å². The Labute approximate surface area is 115 Å². The molecular weight excluding hydrogens is 236 g/mol. The van der Waals surface area contributed by atoms with E-state index in [9.17, 15) is 0 Å². The van der Waals surface area contributed by atoms with Gasteiger partial charge in [0, 0.05) is 18.2 Å². The minimum Gasteiger partial charge on any atom is -0.370 e. The molecule has 1 heterocycles. The van der Waals surface area contributed by atoms with Crippen molar-refractivity contribution in [2.24, 2.45) is 11.8 Å². The third-order valence-electron chi connectivity index (χ3n) is 4.19. The lowest BCUT2D eigenvalue weighted by Gasteiger charge is -2.20. The quantitative estimate of drug-likeness (QED) is 0.790. The molecule has 2 saturated carbocycles. The fourth-order valence-corrected chi connectivity index (χ4v) is 2.71. The number of nitrogens with one attached hydrogen (secondary N) is 2. The smallest absolute Gasteiger partial charge is 0.134 e. The van der Waals surface area contributed by atoms with Gasteiger partial charge in [-0.15, -0.1) is 0 Å². The van der Waals surface area contributed by atoms with Crippen LogP contribution in [-0.4, -0.2) is 22.6 Å². The van der Waals surface area contributed by atoms with E-state index in [0.717, 1.165) is 42.0 Å². The monoisotopic (exact) mass is 260 g/mol. The van der Waals surface area contributed by atoms with E-state index in [4.69, 9.17) is 0 Å². The van der Waals surface area contributed by atoms with Crippen LogP contribution in [0.3, 0.4) is 0 Å². The van der Waals surface area contributed by atoms with Crippen molar-refractivity contribution in [1.29, 1.82) is 0 Å². The molecule has 0 amide bonds. The number of rotatable bonds is 7. The third-order valence-corrected chi connectivity index (χ3v) is 4.19. The Morgan fingerprint density at radius 1 is 1.16 bits per heavy atom. The number of aromatic nitrogens is 2. The van der Waals surface area contributed by atoms with Crippen molar-refractivity contribution in [3.8, 4) is 0 Å². The highest BCUT2D eigenvalue weighted by molar-refractivity contribution is 5.57. The van der Waals surface area contributed by atoms with Crippen LogP contribution in [0.25, 0.3) is 0 Å². The van der Waals surface area contributed by atoms with Crippen molar-refractivity contribution in [3.63, 3.8) is 0 Å². The van der Waals surface area contributed by atoms with Crippen LogP contribution in [0.4, 0.5) is 11.6 Å². The number of hydrogen-bond acceptors (Lipinski definition) is 4. The van der Waals surface area contributed by atoms with Gasteiger partial charge < -0.3 is 10.6 Å². The highest BCUT2D eigenvalue weighted by Gasteiger charge is 2.41. The van der Waals surface area contributed by atoms with Gasteiger partial charge in [0.2, 0.25) is 0 Å². The van der Waals surface area contributed by atoms with Crippen LogP contribution in [0.5, 0.6) is 0 Å². The van der Waals surface area contributed by atoms with Gasteiger partial charge in [0.1, 0.15) is 18.0 Å². The van der Waals surface area contributed by atoms with Gasteiger partial charge in [0.25, 0.3) is 0 Å². The van der Waals surface area contributed by atoms with E-state index < -0.39 is 0 Å². The molecular formula is C15H24N4. The van der Waals surface area contributed by atoms with E-state index in [0.29, 0.717) is 6.04 Å². The number of hydrogen-bond donors (Lipinski definition) is 2. The summed E-state index contributed by atoms with van der Waals surface area (Å²) in [5, 5.41) is 7.07. The summed E-state index contributed by atoms with van der Waals surface area (Å²) in [5.41, 5.74) is 1.15. The van der Waals surface area contributed by atoms with Crippen LogP contribution in [0.15, 0.2) is 6.33 Å². The molecule has 3 rings (SSSR count). The highest BCUT2D eigenvalue weighted by Crippen LogP contribution is 2.46. The first-order valence-corrected chi connectivity index (χ1v) is 7.61. The topological polar surface area (TPSA) is 49.8 Å².